The Hall–Kier alpha value is -1.86. The number of ether oxygens (including phenoxy) is 1. The molecule has 22 heavy (non-hydrogen) atoms. The quantitative estimate of drug-likeness (QED) is 0.868. The fourth-order valence-electron chi connectivity index (χ4n) is 2.81. The fourth-order valence-corrected chi connectivity index (χ4v) is 4.32. The Morgan fingerprint density at radius 2 is 2.23 bits per heavy atom. The summed E-state index contributed by atoms with van der Waals surface area (Å²) in [7, 11) is 0. The molecule has 1 aromatic heterocycles. The normalized spacial score (nSPS) is 19.2. The Balaban J connectivity index is 1.59. The molecule has 0 atom stereocenters. The second-order valence-electron chi connectivity index (χ2n) is 5.53. The number of halogens is 2. The van der Waals surface area contributed by atoms with E-state index >= 15 is 0 Å². The van der Waals surface area contributed by atoms with Crippen LogP contribution < -0.4 is 5.32 Å². The second kappa shape index (κ2) is 4.57. The summed E-state index contributed by atoms with van der Waals surface area (Å²) in [5.41, 5.74) is -0.470. The number of nitrogens with one attached hydrogen (secondary N) is 1. The number of nitrogens with zero attached hydrogens (tertiary/aromatic N) is 1. The molecule has 8 heteroatoms. The van der Waals surface area contributed by atoms with Gasteiger partial charge in [0.2, 0.25) is 0 Å². The predicted molar refractivity (Wildman–Crippen MR) is 79.9 cm³/mol. The van der Waals surface area contributed by atoms with E-state index in [2.05, 4.69) is 5.32 Å². The van der Waals surface area contributed by atoms with Gasteiger partial charge in [0.15, 0.2) is 0 Å². The topological polar surface area (TPSA) is 58.6 Å². The summed E-state index contributed by atoms with van der Waals surface area (Å²) in [4.78, 5) is 25.6. The first kappa shape index (κ1) is 13.8. The largest absolute Gasteiger partial charge is 0.447 e. The van der Waals surface area contributed by atoms with Crippen LogP contribution in [0.3, 0.4) is 0 Å². The van der Waals surface area contributed by atoms with Gasteiger partial charge in [-0.25, -0.2) is 9.18 Å². The van der Waals surface area contributed by atoms with Gasteiger partial charge in [0.25, 0.3) is 5.91 Å². The second-order valence-corrected chi connectivity index (χ2v) is 6.96. The minimum atomic E-state index is -0.470. The van der Waals surface area contributed by atoms with Crippen molar-refractivity contribution in [3.8, 4) is 0 Å². The van der Waals surface area contributed by atoms with E-state index in [1.807, 2.05) is 0 Å². The van der Waals surface area contributed by atoms with Crippen molar-refractivity contribution < 1.29 is 18.7 Å². The highest BCUT2D eigenvalue weighted by atomic mass is 35.5. The van der Waals surface area contributed by atoms with Crippen molar-refractivity contribution in [2.45, 2.75) is 5.54 Å². The lowest BCUT2D eigenvalue weighted by atomic mass is 9.91. The molecule has 2 saturated heterocycles. The number of fused-ring (bicyclic) bond motifs is 1. The van der Waals surface area contributed by atoms with Crippen molar-refractivity contribution in [3.05, 3.63) is 33.9 Å². The lowest BCUT2D eigenvalue weighted by molar-refractivity contribution is 0.0322. The average Bonchev–Trinajstić information content (AvgIpc) is 2.98. The number of alkyl carbamates (subject to hydrolysis) is 1. The monoisotopic (exact) mass is 340 g/mol. The van der Waals surface area contributed by atoms with Gasteiger partial charge in [0.1, 0.15) is 22.8 Å². The maximum Gasteiger partial charge on any atom is 0.407 e. The van der Waals surface area contributed by atoms with Crippen LogP contribution in [0.25, 0.3) is 10.1 Å². The summed E-state index contributed by atoms with van der Waals surface area (Å²) >= 11 is 7.42. The SMILES string of the molecule is O=C1NC2(CO1)CN(C(=O)c1sc3cc(F)ccc3c1Cl)C2. The molecule has 1 N–H and O–H groups in total. The molecule has 0 aliphatic carbocycles. The van der Waals surface area contributed by atoms with Crippen molar-refractivity contribution in [1.82, 2.24) is 10.2 Å². The van der Waals surface area contributed by atoms with E-state index in [-0.39, 0.29) is 18.3 Å². The zero-order valence-corrected chi connectivity index (χ0v) is 12.8. The number of carbonyl (C=O) groups is 2. The number of rotatable bonds is 1. The molecule has 2 aliphatic rings. The first-order chi connectivity index (χ1) is 10.5. The van der Waals surface area contributed by atoms with Crippen LogP contribution in [0.2, 0.25) is 5.02 Å². The number of thiophene rings is 1. The van der Waals surface area contributed by atoms with Crippen molar-refractivity contribution in [1.29, 1.82) is 0 Å². The lowest BCUT2D eigenvalue weighted by Gasteiger charge is -2.45. The summed E-state index contributed by atoms with van der Waals surface area (Å²) in [5.74, 6) is -0.573. The van der Waals surface area contributed by atoms with Crippen molar-refractivity contribution in [3.63, 3.8) is 0 Å². The van der Waals surface area contributed by atoms with E-state index in [1.165, 1.54) is 23.5 Å². The number of likely N-dealkylation sites (tertiary alicyclic amines) is 1. The van der Waals surface area contributed by atoms with Gasteiger partial charge in [-0.3, -0.25) is 4.79 Å². The molecule has 2 fully saturated rings. The van der Waals surface area contributed by atoms with Gasteiger partial charge in [-0.2, -0.15) is 0 Å². The van der Waals surface area contributed by atoms with E-state index < -0.39 is 11.6 Å². The highest BCUT2D eigenvalue weighted by Gasteiger charge is 2.51. The zero-order valence-electron chi connectivity index (χ0n) is 11.2. The van der Waals surface area contributed by atoms with Gasteiger partial charge in [0.05, 0.1) is 5.02 Å². The summed E-state index contributed by atoms with van der Waals surface area (Å²) in [6, 6.07) is 4.26. The Labute approximate surface area is 133 Å². The molecule has 2 amide bonds. The first-order valence-corrected chi connectivity index (χ1v) is 7.79. The summed E-state index contributed by atoms with van der Waals surface area (Å²) in [5, 5.41) is 3.73. The van der Waals surface area contributed by atoms with Crippen molar-refractivity contribution in [2.24, 2.45) is 0 Å². The van der Waals surface area contributed by atoms with Gasteiger partial charge in [-0.15, -0.1) is 11.3 Å². The minimum Gasteiger partial charge on any atom is -0.447 e. The van der Waals surface area contributed by atoms with Gasteiger partial charge < -0.3 is 15.0 Å². The standard InChI is InChI=1S/C14H10ClFN2O3S/c15-10-8-2-1-7(16)3-9(8)22-11(10)12(19)18-4-14(5-18)6-21-13(20)17-14/h1-3H,4-6H2,(H,17,20). The Morgan fingerprint density at radius 1 is 1.45 bits per heavy atom. The Morgan fingerprint density at radius 3 is 2.91 bits per heavy atom. The van der Waals surface area contributed by atoms with Crippen LogP contribution in [0.4, 0.5) is 9.18 Å². The highest BCUT2D eigenvalue weighted by Crippen LogP contribution is 2.38. The average molecular weight is 341 g/mol. The molecule has 3 heterocycles. The molecule has 0 saturated carbocycles. The molecule has 2 aliphatic heterocycles. The van der Waals surface area contributed by atoms with Crippen LogP contribution in [0.5, 0.6) is 0 Å². The fraction of sp³-hybridized carbons (Fsp3) is 0.286. The van der Waals surface area contributed by atoms with Crippen LogP contribution >= 0.6 is 22.9 Å². The molecule has 0 unspecified atom stereocenters. The number of carbonyl (C=O) groups excluding carboxylic acids is 2. The van der Waals surface area contributed by atoms with Crippen molar-refractivity contribution in [2.75, 3.05) is 19.7 Å². The molecule has 2 aromatic rings. The van der Waals surface area contributed by atoms with Crippen LogP contribution in [0, 0.1) is 5.82 Å². The van der Waals surface area contributed by atoms with E-state index in [4.69, 9.17) is 16.3 Å². The third-order valence-corrected chi connectivity index (χ3v) is 5.55. The Bertz CT molecular complexity index is 816. The Kier molecular flexibility index (Phi) is 2.86. The van der Waals surface area contributed by atoms with Gasteiger partial charge in [-0.05, 0) is 18.2 Å². The maximum atomic E-state index is 13.3. The van der Waals surface area contributed by atoms with Crippen molar-refractivity contribution >= 4 is 45.0 Å². The molecular formula is C14H10ClFN2O3S. The van der Waals surface area contributed by atoms with E-state index in [0.29, 0.717) is 33.1 Å². The molecule has 4 rings (SSSR count). The number of hydrogen-bond acceptors (Lipinski definition) is 4. The molecule has 114 valence electrons. The van der Waals surface area contributed by atoms with Crippen LogP contribution in [0.15, 0.2) is 18.2 Å². The minimum absolute atomic E-state index is 0.210. The van der Waals surface area contributed by atoms with Crippen LogP contribution in [-0.4, -0.2) is 42.1 Å². The summed E-state index contributed by atoms with van der Waals surface area (Å²) in [6.45, 7) is 1.04. The van der Waals surface area contributed by atoms with Gasteiger partial charge >= 0.3 is 6.09 Å². The van der Waals surface area contributed by atoms with Gasteiger partial charge in [-0.1, -0.05) is 11.6 Å². The lowest BCUT2D eigenvalue weighted by Crippen LogP contribution is -2.69. The maximum absolute atomic E-state index is 13.3. The van der Waals surface area contributed by atoms with Gasteiger partial charge in [0, 0.05) is 23.2 Å². The third kappa shape index (κ3) is 1.96. The summed E-state index contributed by atoms with van der Waals surface area (Å²) < 4.78 is 18.8. The molecule has 1 spiro atoms. The smallest absolute Gasteiger partial charge is 0.407 e. The van der Waals surface area contributed by atoms with E-state index in [1.54, 1.807) is 11.0 Å². The predicted octanol–water partition coefficient (Wildman–Crippen LogP) is 2.63. The third-order valence-electron chi connectivity index (χ3n) is 3.91. The van der Waals surface area contributed by atoms with E-state index in [9.17, 15) is 14.0 Å². The number of amides is 2. The molecular weight excluding hydrogens is 331 g/mol. The molecule has 5 nitrogen and oxygen atoms in total. The number of benzene rings is 1. The molecule has 0 bridgehead atoms. The first-order valence-electron chi connectivity index (χ1n) is 6.59. The number of hydrogen-bond donors (Lipinski definition) is 1. The number of cyclic esters (lactones) is 1. The van der Waals surface area contributed by atoms with Crippen LogP contribution in [0.1, 0.15) is 9.67 Å². The molecule has 0 radical (unpaired) electrons. The van der Waals surface area contributed by atoms with E-state index in [0.717, 1.165) is 0 Å². The summed E-state index contributed by atoms with van der Waals surface area (Å²) in [6.07, 6.45) is -0.456. The molecule has 1 aromatic carbocycles. The highest BCUT2D eigenvalue weighted by molar-refractivity contribution is 7.21. The zero-order chi connectivity index (χ0) is 15.5. The van der Waals surface area contributed by atoms with Crippen LogP contribution in [-0.2, 0) is 4.74 Å².